The molecule has 0 aromatic heterocycles. The van der Waals surface area contributed by atoms with Gasteiger partial charge in [0.15, 0.2) is 6.61 Å². The van der Waals surface area contributed by atoms with E-state index in [0.717, 1.165) is 22.3 Å². The Kier molecular flexibility index (Phi) is 9.63. The molecule has 1 atom stereocenters. The first-order chi connectivity index (χ1) is 17.4. The molecule has 0 fully saturated rings. The SMILES string of the molecule is Cc1ccc(OCC(=O)N(Cc2ccc(Cl)c(Cl)c2)[C@H](Cc2ccccc2)C(=O)NC(C)(C)C)c(C)c1. The van der Waals surface area contributed by atoms with E-state index in [2.05, 4.69) is 5.32 Å². The van der Waals surface area contributed by atoms with Crippen LogP contribution in [-0.2, 0) is 22.6 Å². The monoisotopic (exact) mass is 540 g/mol. The first-order valence-corrected chi connectivity index (χ1v) is 13.0. The lowest BCUT2D eigenvalue weighted by Gasteiger charge is -2.34. The van der Waals surface area contributed by atoms with Crippen LogP contribution >= 0.6 is 23.2 Å². The Morgan fingerprint density at radius 2 is 1.62 bits per heavy atom. The Hall–Kier alpha value is -3.02. The molecule has 3 aromatic carbocycles. The van der Waals surface area contributed by atoms with Gasteiger partial charge in [-0.2, -0.15) is 0 Å². The highest BCUT2D eigenvalue weighted by Gasteiger charge is 2.32. The maximum Gasteiger partial charge on any atom is 0.261 e. The Morgan fingerprint density at radius 1 is 0.919 bits per heavy atom. The number of hydrogen-bond donors (Lipinski definition) is 1. The van der Waals surface area contributed by atoms with Gasteiger partial charge in [0, 0.05) is 18.5 Å². The van der Waals surface area contributed by atoms with Crippen LogP contribution in [0, 0.1) is 13.8 Å². The van der Waals surface area contributed by atoms with Gasteiger partial charge < -0.3 is 15.0 Å². The van der Waals surface area contributed by atoms with Crippen LogP contribution in [0.3, 0.4) is 0 Å². The maximum absolute atomic E-state index is 13.7. The fourth-order valence-electron chi connectivity index (χ4n) is 4.03. The van der Waals surface area contributed by atoms with Gasteiger partial charge in [-0.25, -0.2) is 0 Å². The quantitative estimate of drug-likeness (QED) is 0.335. The van der Waals surface area contributed by atoms with Gasteiger partial charge in [0.05, 0.1) is 10.0 Å². The highest BCUT2D eigenvalue weighted by Crippen LogP contribution is 2.25. The van der Waals surface area contributed by atoms with Gasteiger partial charge >= 0.3 is 0 Å². The predicted octanol–water partition coefficient (Wildman–Crippen LogP) is 6.54. The van der Waals surface area contributed by atoms with E-state index in [4.69, 9.17) is 27.9 Å². The molecule has 0 aliphatic rings. The Bertz CT molecular complexity index is 1240. The van der Waals surface area contributed by atoms with Crippen molar-refractivity contribution in [3.8, 4) is 5.75 Å². The van der Waals surface area contributed by atoms with E-state index in [-0.39, 0.29) is 25.0 Å². The number of benzene rings is 3. The first kappa shape index (κ1) is 28.5. The molecule has 0 radical (unpaired) electrons. The minimum atomic E-state index is -0.772. The van der Waals surface area contributed by atoms with Gasteiger partial charge in [-0.15, -0.1) is 0 Å². The minimum absolute atomic E-state index is 0.168. The molecule has 0 aliphatic heterocycles. The molecular weight excluding hydrogens is 507 g/mol. The summed E-state index contributed by atoms with van der Waals surface area (Å²) in [6.45, 7) is 9.65. The molecule has 5 nitrogen and oxygen atoms in total. The van der Waals surface area contributed by atoms with Crippen molar-refractivity contribution < 1.29 is 14.3 Å². The molecule has 0 saturated heterocycles. The molecule has 3 aromatic rings. The normalized spacial score (nSPS) is 12.1. The van der Waals surface area contributed by atoms with Crippen molar-refractivity contribution >= 4 is 35.0 Å². The summed E-state index contributed by atoms with van der Waals surface area (Å²) < 4.78 is 5.93. The van der Waals surface area contributed by atoms with Crippen LogP contribution in [0.1, 0.15) is 43.0 Å². The molecule has 0 spiro atoms. The van der Waals surface area contributed by atoms with Crippen LogP contribution in [0.25, 0.3) is 0 Å². The number of ether oxygens (including phenoxy) is 1. The van der Waals surface area contributed by atoms with Crippen molar-refractivity contribution in [1.29, 1.82) is 0 Å². The van der Waals surface area contributed by atoms with E-state index >= 15 is 0 Å². The standard InChI is InChI=1S/C30H34Cl2N2O3/c1-20-11-14-27(21(2)15-20)37-19-28(35)34(18-23-12-13-24(31)25(32)16-23)26(29(36)33-30(3,4)5)17-22-9-7-6-8-10-22/h6-16,26H,17-19H2,1-5H3,(H,33,36)/t26-/m1/s1. The Balaban J connectivity index is 1.96. The number of halogens is 2. The highest BCUT2D eigenvalue weighted by molar-refractivity contribution is 6.42. The number of rotatable bonds is 9. The lowest BCUT2D eigenvalue weighted by Crippen LogP contribution is -2.55. The van der Waals surface area contributed by atoms with Crippen molar-refractivity contribution in [3.63, 3.8) is 0 Å². The zero-order valence-electron chi connectivity index (χ0n) is 22.0. The number of amides is 2. The number of carbonyl (C=O) groups is 2. The molecular formula is C30H34Cl2N2O3. The van der Waals surface area contributed by atoms with E-state index < -0.39 is 11.6 Å². The van der Waals surface area contributed by atoms with Crippen molar-refractivity contribution in [1.82, 2.24) is 10.2 Å². The predicted molar refractivity (Wildman–Crippen MR) is 150 cm³/mol. The summed E-state index contributed by atoms with van der Waals surface area (Å²) in [6, 6.07) is 19.9. The Labute approximate surface area is 229 Å². The van der Waals surface area contributed by atoms with Gasteiger partial charge in [-0.05, 0) is 69.5 Å². The molecule has 0 heterocycles. The fraction of sp³-hybridized carbons (Fsp3) is 0.333. The van der Waals surface area contributed by atoms with Crippen LogP contribution in [0.5, 0.6) is 5.75 Å². The summed E-state index contributed by atoms with van der Waals surface area (Å²) in [7, 11) is 0. The maximum atomic E-state index is 13.7. The van der Waals surface area contributed by atoms with E-state index in [1.165, 1.54) is 0 Å². The van der Waals surface area contributed by atoms with E-state index in [1.54, 1.807) is 23.1 Å². The topological polar surface area (TPSA) is 58.6 Å². The zero-order chi connectivity index (χ0) is 27.2. The molecule has 3 rings (SSSR count). The van der Waals surface area contributed by atoms with Crippen LogP contribution in [0.4, 0.5) is 0 Å². The van der Waals surface area contributed by atoms with E-state index in [1.807, 2.05) is 83.1 Å². The van der Waals surface area contributed by atoms with Gasteiger partial charge in [-0.1, -0.05) is 77.3 Å². The van der Waals surface area contributed by atoms with E-state index in [9.17, 15) is 9.59 Å². The second kappa shape index (κ2) is 12.5. The molecule has 196 valence electrons. The fourth-order valence-corrected chi connectivity index (χ4v) is 4.35. The third-order valence-electron chi connectivity index (χ3n) is 5.79. The molecule has 0 bridgehead atoms. The zero-order valence-corrected chi connectivity index (χ0v) is 23.5. The van der Waals surface area contributed by atoms with Crippen molar-refractivity contribution in [2.75, 3.05) is 6.61 Å². The molecule has 1 N–H and O–H groups in total. The second-order valence-electron chi connectivity index (χ2n) is 10.3. The lowest BCUT2D eigenvalue weighted by atomic mass is 10.0. The van der Waals surface area contributed by atoms with Gasteiger partial charge in [-0.3, -0.25) is 9.59 Å². The van der Waals surface area contributed by atoms with Crippen LogP contribution in [0.15, 0.2) is 66.7 Å². The number of hydrogen-bond acceptors (Lipinski definition) is 3. The highest BCUT2D eigenvalue weighted by atomic mass is 35.5. The van der Waals surface area contributed by atoms with E-state index in [0.29, 0.717) is 22.2 Å². The molecule has 7 heteroatoms. The smallest absolute Gasteiger partial charge is 0.261 e. The summed E-state index contributed by atoms with van der Waals surface area (Å²) >= 11 is 12.4. The molecule has 0 aliphatic carbocycles. The molecule has 0 unspecified atom stereocenters. The van der Waals surface area contributed by atoms with Gasteiger partial charge in [0.2, 0.25) is 5.91 Å². The molecule has 2 amide bonds. The summed E-state index contributed by atoms with van der Waals surface area (Å²) in [5.41, 5.74) is 3.28. The lowest BCUT2D eigenvalue weighted by molar-refractivity contribution is -0.143. The average Bonchev–Trinajstić information content (AvgIpc) is 2.82. The van der Waals surface area contributed by atoms with Crippen LogP contribution in [-0.4, -0.2) is 34.9 Å². The van der Waals surface area contributed by atoms with Gasteiger partial charge in [0.25, 0.3) is 5.91 Å². The summed E-state index contributed by atoms with van der Waals surface area (Å²) in [4.78, 5) is 28.9. The largest absolute Gasteiger partial charge is 0.483 e. The van der Waals surface area contributed by atoms with Crippen molar-refractivity contribution in [3.05, 3.63) is 99.0 Å². The van der Waals surface area contributed by atoms with Gasteiger partial charge in [0.1, 0.15) is 11.8 Å². The average molecular weight is 542 g/mol. The third kappa shape index (κ3) is 8.51. The minimum Gasteiger partial charge on any atom is -0.483 e. The van der Waals surface area contributed by atoms with Crippen molar-refractivity contribution in [2.24, 2.45) is 0 Å². The van der Waals surface area contributed by atoms with Crippen LogP contribution < -0.4 is 10.1 Å². The number of aryl methyl sites for hydroxylation is 2. The number of nitrogens with one attached hydrogen (secondary N) is 1. The Morgan fingerprint density at radius 3 is 2.24 bits per heavy atom. The van der Waals surface area contributed by atoms with Crippen molar-refractivity contribution in [2.45, 2.75) is 59.2 Å². The summed E-state index contributed by atoms with van der Waals surface area (Å²) in [5.74, 6) is 0.0829. The number of nitrogens with zero attached hydrogens (tertiary/aromatic N) is 1. The molecule has 0 saturated carbocycles. The first-order valence-electron chi connectivity index (χ1n) is 12.2. The summed E-state index contributed by atoms with van der Waals surface area (Å²) in [5, 5.41) is 3.86. The second-order valence-corrected chi connectivity index (χ2v) is 11.1. The van der Waals surface area contributed by atoms with Crippen LogP contribution in [0.2, 0.25) is 10.0 Å². The number of carbonyl (C=O) groups excluding carboxylic acids is 2. The summed E-state index contributed by atoms with van der Waals surface area (Å²) in [6.07, 6.45) is 0.347. The molecule has 37 heavy (non-hydrogen) atoms. The third-order valence-corrected chi connectivity index (χ3v) is 6.53.